The number of carbonyl (C=O) groups excluding carboxylic acids is 1. The van der Waals surface area contributed by atoms with Crippen molar-refractivity contribution in [2.75, 3.05) is 6.54 Å². The number of nitrogens with one attached hydrogen (secondary N) is 1. The number of thiophene rings is 1. The van der Waals surface area contributed by atoms with Gasteiger partial charge in [-0.25, -0.2) is 4.39 Å². The second-order valence-corrected chi connectivity index (χ2v) is 7.46. The van der Waals surface area contributed by atoms with Gasteiger partial charge in [0.25, 0.3) is 0 Å². The van der Waals surface area contributed by atoms with Crippen LogP contribution in [0.1, 0.15) is 27.7 Å². The number of rotatable bonds is 7. The summed E-state index contributed by atoms with van der Waals surface area (Å²) in [5.74, 6) is -0.508. The molecule has 1 unspecified atom stereocenters. The van der Waals surface area contributed by atoms with Crippen LogP contribution in [0, 0.1) is 5.82 Å². The first kappa shape index (κ1) is 19.0. The average molecular weight is 407 g/mol. The molecule has 2 heterocycles. The first-order valence-electron chi connectivity index (χ1n) is 9.15. The third kappa shape index (κ3) is 4.57. The third-order valence-electron chi connectivity index (χ3n) is 4.57. The van der Waals surface area contributed by atoms with Gasteiger partial charge in [-0.15, -0.1) is 11.3 Å². The summed E-state index contributed by atoms with van der Waals surface area (Å²) in [5, 5.41) is 8.60. The van der Waals surface area contributed by atoms with Crippen LogP contribution in [0.4, 0.5) is 4.39 Å². The fourth-order valence-electron chi connectivity index (χ4n) is 3.08. The van der Waals surface area contributed by atoms with Crippen LogP contribution in [0.2, 0.25) is 0 Å². The van der Waals surface area contributed by atoms with Crippen molar-refractivity contribution in [1.82, 2.24) is 15.5 Å². The van der Waals surface area contributed by atoms with Crippen LogP contribution in [0.25, 0.3) is 10.7 Å². The van der Waals surface area contributed by atoms with Crippen LogP contribution >= 0.6 is 11.3 Å². The largest absolute Gasteiger partial charge is 0.347 e. The van der Waals surface area contributed by atoms with Crippen molar-refractivity contribution < 1.29 is 13.7 Å². The number of hydrogen-bond acceptors (Lipinski definition) is 5. The number of nitrogens with zero attached hydrogens (tertiary/aromatic N) is 2. The highest BCUT2D eigenvalue weighted by Gasteiger charge is 2.20. The zero-order valence-corrected chi connectivity index (χ0v) is 16.2. The molecular formula is C22H18FN3O2S. The molecule has 29 heavy (non-hydrogen) atoms. The SMILES string of the molecule is O=C(NCC(Cc1ccccc1F)c1ccccc1)c1nc(-c2cccs2)no1. The van der Waals surface area contributed by atoms with Gasteiger partial charge in [-0.3, -0.25) is 4.79 Å². The van der Waals surface area contributed by atoms with E-state index in [0.717, 1.165) is 10.4 Å². The van der Waals surface area contributed by atoms with Crippen LogP contribution in [0.15, 0.2) is 76.6 Å². The van der Waals surface area contributed by atoms with Crippen LogP contribution in [-0.4, -0.2) is 22.6 Å². The van der Waals surface area contributed by atoms with Crippen molar-refractivity contribution in [3.63, 3.8) is 0 Å². The number of carbonyl (C=O) groups is 1. The van der Waals surface area contributed by atoms with E-state index >= 15 is 0 Å². The minimum Gasteiger partial charge on any atom is -0.347 e. The summed E-state index contributed by atoms with van der Waals surface area (Å²) < 4.78 is 19.2. The Morgan fingerprint density at radius 3 is 2.62 bits per heavy atom. The normalized spacial score (nSPS) is 11.9. The quantitative estimate of drug-likeness (QED) is 0.482. The Hall–Kier alpha value is -3.32. The molecule has 1 N–H and O–H groups in total. The number of benzene rings is 2. The summed E-state index contributed by atoms with van der Waals surface area (Å²) in [6, 6.07) is 20.1. The maximum atomic E-state index is 14.1. The van der Waals surface area contributed by atoms with Crippen molar-refractivity contribution in [2.45, 2.75) is 12.3 Å². The molecule has 0 aliphatic heterocycles. The summed E-state index contributed by atoms with van der Waals surface area (Å²) in [5.41, 5.74) is 1.62. The molecule has 146 valence electrons. The van der Waals surface area contributed by atoms with Crippen molar-refractivity contribution >= 4 is 17.2 Å². The topological polar surface area (TPSA) is 68.0 Å². The van der Waals surface area contributed by atoms with E-state index in [0.29, 0.717) is 24.4 Å². The third-order valence-corrected chi connectivity index (χ3v) is 5.43. The Bertz CT molecular complexity index is 1080. The van der Waals surface area contributed by atoms with Gasteiger partial charge in [0.05, 0.1) is 4.88 Å². The summed E-state index contributed by atoms with van der Waals surface area (Å²) in [6.45, 7) is 0.313. The molecular weight excluding hydrogens is 389 g/mol. The molecule has 7 heteroatoms. The van der Waals surface area contributed by atoms with Gasteiger partial charge in [-0.1, -0.05) is 59.8 Å². The molecule has 4 aromatic rings. The second kappa shape index (κ2) is 8.79. The fraction of sp³-hybridized carbons (Fsp3) is 0.136. The van der Waals surface area contributed by atoms with E-state index in [1.54, 1.807) is 12.1 Å². The molecule has 1 amide bonds. The first-order chi connectivity index (χ1) is 14.2. The molecule has 0 fully saturated rings. The smallest absolute Gasteiger partial charge is 0.316 e. The number of amides is 1. The predicted octanol–water partition coefficient (Wildman–Crippen LogP) is 4.69. The maximum absolute atomic E-state index is 14.1. The number of halogens is 1. The Morgan fingerprint density at radius 1 is 1.07 bits per heavy atom. The minimum atomic E-state index is -0.449. The average Bonchev–Trinajstić information content (AvgIpc) is 3.44. The van der Waals surface area contributed by atoms with E-state index in [-0.39, 0.29) is 17.6 Å². The van der Waals surface area contributed by atoms with E-state index in [2.05, 4.69) is 15.5 Å². The van der Waals surface area contributed by atoms with Gasteiger partial charge < -0.3 is 9.84 Å². The van der Waals surface area contributed by atoms with Gasteiger partial charge in [0, 0.05) is 12.5 Å². The van der Waals surface area contributed by atoms with Gasteiger partial charge >= 0.3 is 11.8 Å². The lowest BCUT2D eigenvalue weighted by molar-refractivity contribution is 0.0907. The highest BCUT2D eigenvalue weighted by molar-refractivity contribution is 7.13. The van der Waals surface area contributed by atoms with E-state index in [1.807, 2.05) is 53.9 Å². The fourth-order valence-corrected chi connectivity index (χ4v) is 3.72. The minimum absolute atomic E-state index is 0.0916. The Kier molecular flexibility index (Phi) is 5.76. The highest BCUT2D eigenvalue weighted by atomic mass is 32.1. The lowest BCUT2D eigenvalue weighted by Gasteiger charge is -2.18. The predicted molar refractivity (Wildman–Crippen MR) is 109 cm³/mol. The van der Waals surface area contributed by atoms with Crippen LogP contribution in [-0.2, 0) is 6.42 Å². The molecule has 2 aromatic carbocycles. The summed E-state index contributed by atoms with van der Waals surface area (Å²) in [6.07, 6.45) is 0.460. The molecule has 0 aliphatic carbocycles. The second-order valence-electron chi connectivity index (χ2n) is 6.51. The van der Waals surface area contributed by atoms with Gasteiger partial charge in [-0.05, 0) is 35.1 Å². The van der Waals surface area contributed by atoms with Gasteiger partial charge in [-0.2, -0.15) is 4.98 Å². The summed E-state index contributed by atoms with van der Waals surface area (Å²) in [4.78, 5) is 17.5. The molecule has 5 nitrogen and oxygen atoms in total. The standard InChI is InChI=1S/C22H18FN3O2S/c23-18-10-5-4-9-16(18)13-17(15-7-2-1-3-8-15)14-24-21(27)22-25-20(26-28-22)19-11-6-12-29-19/h1-12,17H,13-14H2,(H,24,27). The monoisotopic (exact) mass is 407 g/mol. The van der Waals surface area contributed by atoms with Crippen LogP contribution in [0.3, 0.4) is 0 Å². The number of aromatic nitrogens is 2. The van der Waals surface area contributed by atoms with E-state index in [9.17, 15) is 9.18 Å². The van der Waals surface area contributed by atoms with Crippen LogP contribution < -0.4 is 5.32 Å². The molecule has 0 saturated heterocycles. The van der Waals surface area contributed by atoms with E-state index in [4.69, 9.17) is 4.52 Å². The van der Waals surface area contributed by atoms with Crippen LogP contribution in [0.5, 0.6) is 0 Å². The molecule has 0 bridgehead atoms. The van der Waals surface area contributed by atoms with Crippen molar-refractivity contribution in [1.29, 1.82) is 0 Å². The molecule has 1 atom stereocenters. The summed E-state index contributed by atoms with van der Waals surface area (Å²) in [7, 11) is 0. The molecule has 0 saturated carbocycles. The Balaban J connectivity index is 1.48. The Morgan fingerprint density at radius 2 is 1.86 bits per heavy atom. The lowest BCUT2D eigenvalue weighted by atomic mass is 9.91. The van der Waals surface area contributed by atoms with E-state index in [1.165, 1.54) is 17.4 Å². The Labute approximate surface area is 171 Å². The summed E-state index contributed by atoms with van der Waals surface area (Å²) >= 11 is 1.47. The van der Waals surface area contributed by atoms with Gasteiger partial charge in [0.1, 0.15) is 5.82 Å². The number of hydrogen-bond donors (Lipinski definition) is 1. The molecule has 0 aliphatic rings. The van der Waals surface area contributed by atoms with Gasteiger partial charge in [0.15, 0.2) is 0 Å². The van der Waals surface area contributed by atoms with Gasteiger partial charge in [0.2, 0.25) is 5.82 Å². The molecule has 0 spiro atoms. The van der Waals surface area contributed by atoms with Crippen molar-refractivity contribution in [2.24, 2.45) is 0 Å². The maximum Gasteiger partial charge on any atom is 0.316 e. The molecule has 4 rings (SSSR count). The highest BCUT2D eigenvalue weighted by Crippen LogP contribution is 2.23. The zero-order valence-electron chi connectivity index (χ0n) is 15.4. The first-order valence-corrected chi connectivity index (χ1v) is 10.0. The van der Waals surface area contributed by atoms with Crippen molar-refractivity contribution in [3.05, 3.63) is 94.9 Å². The zero-order chi connectivity index (χ0) is 20.1. The van der Waals surface area contributed by atoms with Crippen molar-refractivity contribution in [3.8, 4) is 10.7 Å². The molecule has 2 aromatic heterocycles. The molecule has 0 radical (unpaired) electrons. The lowest BCUT2D eigenvalue weighted by Crippen LogP contribution is -2.29. The van der Waals surface area contributed by atoms with E-state index < -0.39 is 5.91 Å².